The van der Waals surface area contributed by atoms with Crippen molar-refractivity contribution in [2.45, 2.75) is 135 Å². The number of rotatable bonds is 17. The summed E-state index contributed by atoms with van der Waals surface area (Å²) in [4.78, 5) is 140. The molecule has 9 atom stereocenters. The van der Waals surface area contributed by atoms with E-state index in [0.717, 1.165) is 5.56 Å². The second kappa shape index (κ2) is 32.0. The van der Waals surface area contributed by atoms with Gasteiger partial charge in [-0.05, 0) is 58.4 Å². The number of ether oxygens (including phenoxy) is 1. The number of nitrogens with two attached hydrogens (primary N) is 4. The molecule has 412 valence electrons. The minimum Gasteiger partial charge on any atom is -0.480 e. The van der Waals surface area contributed by atoms with E-state index in [1.54, 1.807) is 13.0 Å². The SMILES string of the molecule is C/C=C1\NC(=O)CC[C@H](C(=O)O)NC(=O)[C@@H](C)[C@H](/C=C/C(C)=C/[C@H](C)[C@H](Cc2ccccc2)OC(C)=O)NC(=O)[C@H](CCCN=C(N)N)NC(=O)C[C@H](C(=O)O)NC(=O)[C@H](CCCN=C(N)N)NC(=O)[C@@H](C)NC1=O. The second-order valence-electron chi connectivity index (χ2n) is 17.9. The molecule has 26 nitrogen and oxygen atoms in total. The summed E-state index contributed by atoms with van der Waals surface area (Å²) in [6, 6.07) is 0.201. The van der Waals surface area contributed by atoms with Crippen molar-refractivity contribution in [2.24, 2.45) is 44.8 Å². The molecule has 0 spiro atoms. The predicted octanol–water partition coefficient (Wildman–Crippen LogP) is -1.66. The van der Waals surface area contributed by atoms with Gasteiger partial charge in [-0.25, -0.2) is 9.59 Å². The summed E-state index contributed by atoms with van der Waals surface area (Å²) in [6.45, 7) is 8.88. The van der Waals surface area contributed by atoms with Crippen LogP contribution in [0.5, 0.6) is 0 Å². The molecule has 0 radical (unpaired) electrons. The summed E-state index contributed by atoms with van der Waals surface area (Å²) in [5, 5.41) is 37.4. The molecule has 1 saturated heterocycles. The number of carbonyl (C=O) groups is 10. The monoisotopic (exact) mass is 1050 g/mol. The van der Waals surface area contributed by atoms with E-state index in [1.165, 1.54) is 39.8 Å². The molecule has 1 aliphatic rings. The van der Waals surface area contributed by atoms with Crippen molar-refractivity contribution < 1.29 is 62.9 Å². The van der Waals surface area contributed by atoms with Crippen molar-refractivity contribution >= 4 is 71.2 Å². The Morgan fingerprint density at radius 1 is 0.747 bits per heavy atom. The summed E-state index contributed by atoms with van der Waals surface area (Å²) in [5.74, 6) is -12.4. The Morgan fingerprint density at radius 2 is 1.31 bits per heavy atom. The van der Waals surface area contributed by atoms with Gasteiger partial charge < -0.3 is 75.1 Å². The highest BCUT2D eigenvalue weighted by molar-refractivity contribution is 6.00. The van der Waals surface area contributed by atoms with Crippen LogP contribution in [0.2, 0.25) is 0 Å². The fourth-order valence-corrected chi connectivity index (χ4v) is 7.40. The van der Waals surface area contributed by atoms with Crippen LogP contribution < -0.4 is 60.2 Å². The Kier molecular flexibility index (Phi) is 26.8. The highest BCUT2D eigenvalue weighted by Gasteiger charge is 2.34. The molecule has 75 heavy (non-hydrogen) atoms. The number of hydrogen-bond acceptors (Lipinski definition) is 13. The van der Waals surface area contributed by atoms with Gasteiger partial charge in [-0.15, -0.1) is 0 Å². The van der Waals surface area contributed by atoms with E-state index >= 15 is 0 Å². The Hall–Kier alpha value is -8.32. The second-order valence-corrected chi connectivity index (χ2v) is 17.9. The number of esters is 1. The van der Waals surface area contributed by atoms with Crippen LogP contribution in [-0.4, -0.2) is 137 Å². The molecule has 0 aliphatic carbocycles. The first kappa shape index (κ1) is 62.8. The fourth-order valence-electron chi connectivity index (χ4n) is 7.40. The average Bonchev–Trinajstić information content (AvgIpc) is 3.33. The van der Waals surface area contributed by atoms with Gasteiger partial charge in [0.1, 0.15) is 42.0 Å². The standard InChI is InChI=1S/C49H73N13O13/c1-7-32-43(68)56-29(5)42(67)60-35(16-12-22-55-49(52)53)45(70)62-37(47(73)74)25-40(65)58-34(15-11-21-54-48(50)51)44(69)59-33(28(4)41(66)61-36(46(71)72)19-20-39(64)57-32)18-17-26(2)23-27(3)38(75-30(6)63)24-31-13-9-8-10-14-31/h7-10,13-14,17-18,23,27-29,33-38H,11-12,15-16,19-22,24-25H2,1-6H3,(H,56,68)(H,57,64)(H,58,65)(H,59,69)(H,60,67)(H,61,66)(H,62,70)(H,71,72)(H,73,74)(H4,50,51,54)(H4,52,53,55)/b18-17+,26-23+,32-7-/t27-,28-,29+,33-,34-,35-,36+,37+,38-/m0/s1. The van der Waals surface area contributed by atoms with Gasteiger partial charge in [0.05, 0.1) is 18.4 Å². The molecule has 0 bridgehead atoms. The Labute approximate surface area is 434 Å². The van der Waals surface area contributed by atoms with Crippen molar-refractivity contribution in [2.75, 3.05) is 13.1 Å². The number of carboxylic acids is 2. The third-order valence-corrected chi connectivity index (χ3v) is 11.5. The maximum Gasteiger partial charge on any atom is 0.326 e. The molecule has 0 unspecified atom stereocenters. The number of guanidine groups is 2. The molecular formula is C49H73N13O13. The van der Waals surface area contributed by atoms with Gasteiger partial charge in [-0.3, -0.25) is 48.3 Å². The number of aliphatic carboxylic acids is 2. The number of nitrogens with zero attached hydrogens (tertiary/aromatic N) is 2. The van der Waals surface area contributed by atoms with Crippen LogP contribution in [0.4, 0.5) is 0 Å². The van der Waals surface area contributed by atoms with Crippen LogP contribution in [0, 0.1) is 11.8 Å². The maximum atomic E-state index is 14.3. The van der Waals surface area contributed by atoms with E-state index in [2.05, 4.69) is 47.2 Å². The fraction of sp³-hybridized carbons (Fsp3) is 0.510. The van der Waals surface area contributed by atoms with E-state index in [-0.39, 0.29) is 62.3 Å². The third-order valence-electron chi connectivity index (χ3n) is 11.5. The van der Waals surface area contributed by atoms with Crippen LogP contribution in [-0.2, 0) is 59.1 Å². The van der Waals surface area contributed by atoms with Crippen LogP contribution in [0.1, 0.15) is 92.1 Å². The van der Waals surface area contributed by atoms with Gasteiger partial charge in [-0.1, -0.05) is 74.1 Å². The molecule has 1 aromatic carbocycles. The van der Waals surface area contributed by atoms with Gasteiger partial charge >= 0.3 is 17.9 Å². The van der Waals surface area contributed by atoms with E-state index < -0.39 is 127 Å². The lowest BCUT2D eigenvalue weighted by molar-refractivity contribution is -0.148. The van der Waals surface area contributed by atoms with Gasteiger partial charge in [0.25, 0.3) is 5.91 Å². The molecule has 1 heterocycles. The Bertz CT molecular complexity index is 2350. The minimum atomic E-state index is -1.93. The zero-order chi connectivity index (χ0) is 56.4. The van der Waals surface area contributed by atoms with Gasteiger partial charge in [0.15, 0.2) is 11.9 Å². The number of allylic oxidation sites excluding steroid dienone is 3. The van der Waals surface area contributed by atoms with Crippen molar-refractivity contribution in [1.82, 2.24) is 37.2 Å². The Balaban J connectivity index is 2.72. The molecule has 0 saturated carbocycles. The lowest BCUT2D eigenvalue weighted by Gasteiger charge is -2.27. The van der Waals surface area contributed by atoms with Crippen LogP contribution in [0.25, 0.3) is 0 Å². The number of nitrogens with one attached hydrogen (secondary N) is 7. The van der Waals surface area contributed by atoms with Crippen molar-refractivity contribution in [3.8, 4) is 0 Å². The molecule has 1 aliphatic heterocycles. The van der Waals surface area contributed by atoms with Crippen molar-refractivity contribution in [3.63, 3.8) is 0 Å². The topological polar surface area (TPSA) is 433 Å². The Morgan fingerprint density at radius 3 is 1.85 bits per heavy atom. The summed E-state index contributed by atoms with van der Waals surface area (Å²) < 4.78 is 5.67. The zero-order valence-corrected chi connectivity index (χ0v) is 43.1. The minimum absolute atomic E-state index is 0.00827. The molecule has 7 amide bonds. The highest BCUT2D eigenvalue weighted by Crippen LogP contribution is 2.19. The molecule has 0 aromatic heterocycles. The number of carboxylic acid groups (broad SMARTS) is 2. The number of carbonyl (C=O) groups excluding carboxylic acids is 8. The van der Waals surface area contributed by atoms with E-state index in [0.29, 0.717) is 12.0 Å². The molecule has 1 fully saturated rings. The smallest absolute Gasteiger partial charge is 0.326 e. The highest BCUT2D eigenvalue weighted by atomic mass is 16.5. The quantitative estimate of drug-likeness (QED) is 0.0207. The van der Waals surface area contributed by atoms with Crippen molar-refractivity contribution in [3.05, 3.63) is 71.5 Å². The van der Waals surface area contributed by atoms with Gasteiger partial charge in [0.2, 0.25) is 35.4 Å². The molecule has 2 rings (SSSR count). The van der Waals surface area contributed by atoms with E-state index in [9.17, 15) is 58.2 Å². The summed E-state index contributed by atoms with van der Waals surface area (Å²) in [7, 11) is 0. The first-order valence-electron chi connectivity index (χ1n) is 24.2. The van der Waals surface area contributed by atoms with Gasteiger partial charge in [-0.2, -0.15) is 0 Å². The summed E-state index contributed by atoms with van der Waals surface area (Å²) in [5.41, 5.74) is 23.0. The number of amides is 7. The number of benzene rings is 1. The lowest BCUT2D eigenvalue weighted by atomic mass is 9.94. The lowest BCUT2D eigenvalue weighted by Crippen LogP contribution is -2.56. The van der Waals surface area contributed by atoms with E-state index in [1.807, 2.05) is 43.3 Å². The first-order chi connectivity index (χ1) is 35.3. The summed E-state index contributed by atoms with van der Waals surface area (Å²) >= 11 is 0. The number of hydrogen-bond donors (Lipinski definition) is 13. The normalized spacial score (nSPS) is 23.7. The molecule has 1 aromatic rings. The van der Waals surface area contributed by atoms with Crippen LogP contribution >= 0.6 is 0 Å². The van der Waals surface area contributed by atoms with Gasteiger partial charge in [0, 0.05) is 38.8 Å². The first-order valence-corrected chi connectivity index (χ1v) is 24.2. The number of aliphatic imine (C=N–C) groups is 2. The molecule has 17 N–H and O–H groups in total. The van der Waals surface area contributed by atoms with Crippen LogP contribution in [0.3, 0.4) is 0 Å². The summed E-state index contributed by atoms with van der Waals surface area (Å²) in [6.07, 6.45) is 3.78. The maximum absolute atomic E-state index is 14.3. The van der Waals surface area contributed by atoms with Crippen LogP contribution in [0.15, 0.2) is 75.9 Å². The third kappa shape index (κ3) is 23.8. The average molecular weight is 1050 g/mol. The van der Waals surface area contributed by atoms with E-state index in [4.69, 9.17) is 27.7 Å². The largest absolute Gasteiger partial charge is 0.480 e. The van der Waals surface area contributed by atoms with Crippen molar-refractivity contribution in [1.29, 1.82) is 0 Å². The molecule has 26 heteroatoms. The zero-order valence-electron chi connectivity index (χ0n) is 43.1. The predicted molar refractivity (Wildman–Crippen MR) is 275 cm³/mol. The molecular weight excluding hydrogens is 979 g/mol.